The van der Waals surface area contributed by atoms with Crippen LogP contribution in [0, 0.1) is 0 Å². The molecule has 2 N–H and O–H groups in total. The fourth-order valence-electron chi connectivity index (χ4n) is 2.16. The maximum atomic E-state index is 11.5. The second-order valence-electron chi connectivity index (χ2n) is 5.17. The second kappa shape index (κ2) is 6.34. The summed E-state index contributed by atoms with van der Waals surface area (Å²) >= 11 is 0. The van der Waals surface area contributed by atoms with E-state index in [2.05, 4.69) is 0 Å². The molecular weight excluding hydrogens is 286 g/mol. The van der Waals surface area contributed by atoms with Gasteiger partial charge in [-0.3, -0.25) is 4.79 Å². The number of hydrogen-bond acceptors (Lipinski definition) is 4. The molecule has 0 aliphatic heterocycles. The molecule has 1 aromatic carbocycles. The number of carboxylic acids is 2. The van der Waals surface area contributed by atoms with Crippen LogP contribution >= 0.6 is 0 Å². The van der Waals surface area contributed by atoms with E-state index < -0.39 is 17.9 Å². The lowest BCUT2D eigenvalue weighted by atomic mass is 9.97. The number of nitrogens with zero attached hydrogens (tertiary/aromatic N) is 1. The normalized spacial score (nSPS) is 11.9. The number of furan rings is 1. The molecule has 0 saturated heterocycles. The van der Waals surface area contributed by atoms with E-state index in [1.165, 1.54) is 12.1 Å². The van der Waals surface area contributed by atoms with E-state index in [9.17, 15) is 14.7 Å². The zero-order chi connectivity index (χ0) is 16.3. The molecule has 0 aliphatic rings. The molecule has 0 aliphatic carbocycles. The summed E-state index contributed by atoms with van der Waals surface area (Å²) in [5.74, 6) is -3.32. The Kier molecular flexibility index (Phi) is 4.50. The summed E-state index contributed by atoms with van der Waals surface area (Å²) in [6, 6.07) is 10.2. The Balaban J connectivity index is 2.27. The van der Waals surface area contributed by atoms with Crippen molar-refractivity contribution < 1.29 is 24.2 Å². The molecule has 0 radical (unpaired) electrons. The van der Waals surface area contributed by atoms with Crippen LogP contribution in [-0.4, -0.2) is 36.2 Å². The molecule has 2 aromatic rings. The first-order valence-electron chi connectivity index (χ1n) is 6.70. The number of carbonyl (C=O) groups is 2. The molecular formula is C16H17NO5. The summed E-state index contributed by atoms with van der Waals surface area (Å²) in [5.41, 5.74) is 1.80. The number of aliphatic carboxylic acids is 1. The monoisotopic (exact) mass is 303 g/mol. The van der Waals surface area contributed by atoms with Gasteiger partial charge in [0.05, 0.1) is 0 Å². The third kappa shape index (κ3) is 3.46. The van der Waals surface area contributed by atoms with Crippen LogP contribution in [0.5, 0.6) is 0 Å². The first kappa shape index (κ1) is 15.6. The fraction of sp³-hybridized carbons (Fsp3) is 0.250. The molecule has 2 rings (SSSR count). The smallest absolute Gasteiger partial charge is 0.371 e. The molecule has 116 valence electrons. The molecule has 6 nitrogen and oxygen atoms in total. The van der Waals surface area contributed by atoms with Gasteiger partial charge >= 0.3 is 11.9 Å². The van der Waals surface area contributed by atoms with Crippen LogP contribution in [0.1, 0.15) is 27.8 Å². The highest BCUT2D eigenvalue weighted by atomic mass is 16.4. The van der Waals surface area contributed by atoms with Crippen molar-refractivity contribution in [3.8, 4) is 0 Å². The minimum absolute atomic E-state index is 0.139. The van der Waals surface area contributed by atoms with Crippen molar-refractivity contribution in [3.05, 3.63) is 53.5 Å². The first-order chi connectivity index (χ1) is 10.4. The van der Waals surface area contributed by atoms with Gasteiger partial charge in [0.15, 0.2) is 0 Å². The number of benzene rings is 1. The maximum Gasteiger partial charge on any atom is 0.371 e. The van der Waals surface area contributed by atoms with Crippen LogP contribution < -0.4 is 4.90 Å². The zero-order valence-corrected chi connectivity index (χ0v) is 12.3. The topological polar surface area (TPSA) is 91.0 Å². The van der Waals surface area contributed by atoms with E-state index in [4.69, 9.17) is 9.52 Å². The number of aromatic carboxylic acids is 1. The maximum absolute atomic E-state index is 11.5. The summed E-state index contributed by atoms with van der Waals surface area (Å²) in [6.45, 7) is 0. The Morgan fingerprint density at radius 1 is 1.18 bits per heavy atom. The molecule has 1 heterocycles. The lowest BCUT2D eigenvalue weighted by molar-refractivity contribution is -0.139. The zero-order valence-electron chi connectivity index (χ0n) is 12.3. The lowest BCUT2D eigenvalue weighted by Crippen LogP contribution is -2.14. The van der Waals surface area contributed by atoms with E-state index in [1.54, 1.807) is 0 Å². The summed E-state index contributed by atoms with van der Waals surface area (Å²) < 4.78 is 5.13. The highest BCUT2D eigenvalue weighted by Crippen LogP contribution is 2.25. The first-order valence-corrected chi connectivity index (χ1v) is 6.70. The van der Waals surface area contributed by atoms with Crippen molar-refractivity contribution in [1.29, 1.82) is 0 Å². The summed E-state index contributed by atoms with van der Waals surface area (Å²) in [6.07, 6.45) is 0.226. The Bertz CT molecular complexity index is 689. The molecule has 0 bridgehead atoms. The number of anilines is 1. The van der Waals surface area contributed by atoms with Gasteiger partial charge in [-0.05, 0) is 36.2 Å². The van der Waals surface area contributed by atoms with Crippen LogP contribution in [0.4, 0.5) is 5.69 Å². The lowest BCUT2D eigenvalue weighted by Gasteiger charge is -2.15. The SMILES string of the molecule is CN(C)c1cccc(CC(C(=O)O)c2ccc(C(=O)O)o2)c1. The van der Waals surface area contributed by atoms with Gasteiger partial charge in [0.25, 0.3) is 0 Å². The molecule has 0 saturated carbocycles. The largest absolute Gasteiger partial charge is 0.481 e. The quantitative estimate of drug-likeness (QED) is 0.851. The highest BCUT2D eigenvalue weighted by Gasteiger charge is 2.25. The molecule has 0 fully saturated rings. The van der Waals surface area contributed by atoms with Gasteiger partial charge in [0, 0.05) is 19.8 Å². The standard InChI is InChI=1S/C16H17NO5/c1-17(2)11-5-3-4-10(8-11)9-12(15(18)19)13-6-7-14(22-13)16(20)21/h3-8,12H,9H2,1-2H3,(H,18,19)(H,20,21). The van der Waals surface area contributed by atoms with Gasteiger partial charge in [-0.1, -0.05) is 12.1 Å². The Morgan fingerprint density at radius 2 is 1.91 bits per heavy atom. The van der Waals surface area contributed by atoms with E-state index in [0.29, 0.717) is 0 Å². The van der Waals surface area contributed by atoms with E-state index in [0.717, 1.165) is 11.3 Å². The van der Waals surface area contributed by atoms with E-state index in [-0.39, 0.29) is 17.9 Å². The van der Waals surface area contributed by atoms with Crippen molar-refractivity contribution in [3.63, 3.8) is 0 Å². The molecule has 1 aromatic heterocycles. The second-order valence-corrected chi connectivity index (χ2v) is 5.17. The number of carboxylic acid groups (broad SMARTS) is 2. The molecule has 1 unspecified atom stereocenters. The van der Waals surface area contributed by atoms with Crippen LogP contribution in [0.2, 0.25) is 0 Å². The predicted octanol–water partition coefficient (Wildman–Crippen LogP) is 2.45. The van der Waals surface area contributed by atoms with Crippen LogP contribution in [-0.2, 0) is 11.2 Å². The van der Waals surface area contributed by atoms with Gasteiger partial charge in [-0.2, -0.15) is 0 Å². The predicted molar refractivity (Wildman–Crippen MR) is 80.5 cm³/mol. The summed E-state index contributed by atoms with van der Waals surface area (Å²) in [5, 5.41) is 18.3. The van der Waals surface area contributed by atoms with Gasteiger partial charge in [0.1, 0.15) is 11.7 Å². The van der Waals surface area contributed by atoms with Crippen LogP contribution in [0.25, 0.3) is 0 Å². The van der Waals surface area contributed by atoms with Crippen molar-refractivity contribution >= 4 is 17.6 Å². The third-order valence-corrected chi connectivity index (χ3v) is 3.35. The number of rotatable bonds is 6. The van der Waals surface area contributed by atoms with Gasteiger partial charge in [0.2, 0.25) is 5.76 Å². The van der Waals surface area contributed by atoms with Crippen molar-refractivity contribution in [1.82, 2.24) is 0 Å². The van der Waals surface area contributed by atoms with Crippen LogP contribution in [0.15, 0.2) is 40.8 Å². The van der Waals surface area contributed by atoms with E-state index >= 15 is 0 Å². The summed E-state index contributed by atoms with van der Waals surface area (Å²) in [4.78, 5) is 24.2. The average Bonchev–Trinajstić information content (AvgIpc) is 2.94. The van der Waals surface area contributed by atoms with Gasteiger partial charge in [-0.25, -0.2) is 4.79 Å². The minimum atomic E-state index is -1.22. The van der Waals surface area contributed by atoms with Crippen molar-refractivity contribution in [2.24, 2.45) is 0 Å². The Hall–Kier alpha value is -2.76. The van der Waals surface area contributed by atoms with E-state index in [1.807, 2.05) is 43.3 Å². The minimum Gasteiger partial charge on any atom is -0.481 e. The molecule has 0 spiro atoms. The van der Waals surface area contributed by atoms with Crippen molar-refractivity contribution in [2.75, 3.05) is 19.0 Å². The Labute approximate surface area is 127 Å². The molecule has 22 heavy (non-hydrogen) atoms. The van der Waals surface area contributed by atoms with Gasteiger partial charge < -0.3 is 19.5 Å². The fourth-order valence-corrected chi connectivity index (χ4v) is 2.16. The Morgan fingerprint density at radius 3 is 2.45 bits per heavy atom. The van der Waals surface area contributed by atoms with Gasteiger partial charge in [-0.15, -0.1) is 0 Å². The molecule has 0 amide bonds. The summed E-state index contributed by atoms with van der Waals surface area (Å²) in [7, 11) is 3.80. The number of hydrogen-bond donors (Lipinski definition) is 2. The molecule has 1 atom stereocenters. The van der Waals surface area contributed by atoms with Crippen molar-refractivity contribution in [2.45, 2.75) is 12.3 Å². The van der Waals surface area contributed by atoms with Crippen LogP contribution in [0.3, 0.4) is 0 Å². The highest BCUT2D eigenvalue weighted by molar-refractivity contribution is 5.84. The molecule has 6 heteroatoms. The third-order valence-electron chi connectivity index (χ3n) is 3.35. The average molecular weight is 303 g/mol.